The molecule has 0 spiro atoms. The van der Waals surface area contributed by atoms with Crippen molar-refractivity contribution in [3.63, 3.8) is 0 Å². The van der Waals surface area contributed by atoms with Gasteiger partial charge in [0.1, 0.15) is 17.5 Å². The van der Waals surface area contributed by atoms with Gasteiger partial charge in [-0.05, 0) is 57.5 Å². The normalized spacial score (nSPS) is 19.8. The second-order valence-corrected chi connectivity index (χ2v) is 8.04. The molecule has 0 fully saturated rings. The number of benzene rings is 2. The highest BCUT2D eigenvalue weighted by atomic mass is 16.6. The first-order valence-corrected chi connectivity index (χ1v) is 10.3. The highest BCUT2D eigenvalue weighted by Crippen LogP contribution is 2.44. The number of esters is 1. The Bertz CT molecular complexity index is 844. The van der Waals surface area contributed by atoms with Crippen molar-refractivity contribution in [3.05, 3.63) is 59.2 Å². The van der Waals surface area contributed by atoms with Gasteiger partial charge in [0.15, 0.2) is 6.10 Å². The summed E-state index contributed by atoms with van der Waals surface area (Å²) in [4.78, 5) is 12.9. The summed E-state index contributed by atoms with van der Waals surface area (Å²) in [5, 5.41) is 3.15. The molecule has 0 aliphatic carbocycles. The first-order valence-electron chi connectivity index (χ1n) is 10.3. The Morgan fingerprint density at radius 2 is 1.90 bits per heavy atom. The number of hydrogen-bond donors (Lipinski definition) is 1. The first-order chi connectivity index (χ1) is 13.9. The average molecular weight is 398 g/mol. The lowest BCUT2D eigenvalue weighted by molar-refractivity contribution is -0.140. The molecule has 1 aliphatic rings. The minimum atomic E-state index is -0.731. The highest BCUT2D eigenvalue weighted by Gasteiger charge is 2.47. The van der Waals surface area contributed by atoms with Crippen LogP contribution in [0.2, 0.25) is 0 Å². The predicted molar refractivity (Wildman–Crippen MR) is 115 cm³/mol. The summed E-state index contributed by atoms with van der Waals surface area (Å²) in [7, 11) is 1.87. The van der Waals surface area contributed by atoms with Crippen molar-refractivity contribution in [1.29, 1.82) is 0 Å². The van der Waals surface area contributed by atoms with Crippen molar-refractivity contribution in [2.24, 2.45) is 0 Å². The third-order valence-corrected chi connectivity index (χ3v) is 5.25. The minimum absolute atomic E-state index is 0.371. The van der Waals surface area contributed by atoms with E-state index in [4.69, 9.17) is 14.2 Å². The molecule has 1 N–H and O–H groups in total. The summed E-state index contributed by atoms with van der Waals surface area (Å²) in [6.45, 7) is 8.58. The minimum Gasteiger partial charge on any atom is -0.483 e. The molecular weight excluding hydrogens is 366 g/mol. The lowest BCUT2D eigenvalue weighted by Gasteiger charge is -2.43. The second-order valence-electron chi connectivity index (χ2n) is 8.04. The number of unbranched alkanes of at least 4 members (excludes halogenated alkanes) is 1. The molecule has 2 aromatic rings. The van der Waals surface area contributed by atoms with E-state index >= 15 is 0 Å². The molecule has 5 heteroatoms. The van der Waals surface area contributed by atoms with Gasteiger partial charge in [-0.25, -0.2) is 4.79 Å². The van der Waals surface area contributed by atoms with Crippen LogP contribution in [-0.4, -0.2) is 31.3 Å². The Labute approximate surface area is 173 Å². The quantitative estimate of drug-likeness (QED) is 0.508. The van der Waals surface area contributed by atoms with Gasteiger partial charge < -0.3 is 19.5 Å². The Balaban J connectivity index is 1.94. The summed E-state index contributed by atoms with van der Waals surface area (Å²) in [5.41, 5.74) is 2.74. The molecule has 2 unspecified atom stereocenters. The van der Waals surface area contributed by atoms with Gasteiger partial charge in [-0.15, -0.1) is 0 Å². The lowest BCUT2D eigenvalue weighted by atomic mass is 9.87. The number of carbonyl (C=O) groups excluding carboxylic acids is 1. The Hall–Kier alpha value is -2.53. The van der Waals surface area contributed by atoms with Gasteiger partial charge in [0.2, 0.25) is 0 Å². The van der Waals surface area contributed by atoms with E-state index in [0.29, 0.717) is 12.2 Å². The van der Waals surface area contributed by atoms with Crippen molar-refractivity contribution >= 4 is 11.7 Å². The fourth-order valence-corrected chi connectivity index (χ4v) is 3.50. The van der Waals surface area contributed by atoms with Crippen LogP contribution < -0.4 is 10.1 Å². The molecule has 0 radical (unpaired) electrons. The van der Waals surface area contributed by atoms with Crippen LogP contribution in [0.25, 0.3) is 0 Å². The van der Waals surface area contributed by atoms with Crippen LogP contribution in [0.1, 0.15) is 61.2 Å². The molecule has 0 amide bonds. The van der Waals surface area contributed by atoms with Crippen molar-refractivity contribution in [2.45, 2.75) is 58.3 Å². The van der Waals surface area contributed by atoms with E-state index in [2.05, 4.69) is 12.2 Å². The molecule has 0 aromatic heterocycles. The summed E-state index contributed by atoms with van der Waals surface area (Å²) in [5.74, 6) is 0.391. The van der Waals surface area contributed by atoms with Crippen LogP contribution in [0.5, 0.6) is 5.75 Å². The number of anilines is 1. The van der Waals surface area contributed by atoms with Gasteiger partial charge in [0, 0.05) is 24.9 Å². The summed E-state index contributed by atoms with van der Waals surface area (Å²) < 4.78 is 18.5. The van der Waals surface area contributed by atoms with Crippen molar-refractivity contribution in [1.82, 2.24) is 0 Å². The maximum atomic E-state index is 12.9. The number of hydrogen-bond acceptors (Lipinski definition) is 5. The van der Waals surface area contributed by atoms with E-state index in [-0.39, 0.29) is 5.97 Å². The number of nitrogens with one attached hydrogen (secondary N) is 1. The number of fused-ring (bicyclic) bond motifs is 1. The van der Waals surface area contributed by atoms with E-state index in [1.807, 2.05) is 58.2 Å². The molecule has 1 heterocycles. The van der Waals surface area contributed by atoms with Crippen LogP contribution in [0.15, 0.2) is 42.5 Å². The molecule has 0 saturated heterocycles. The number of rotatable bonds is 7. The summed E-state index contributed by atoms with van der Waals surface area (Å²) >= 11 is 0. The van der Waals surface area contributed by atoms with E-state index in [9.17, 15) is 4.79 Å². The van der Waals surface area contributed by atoms with Gasteiger partial charge in [-0.3, -0.25) is 0 Å². The van der Waals surface area contributed by atoms with Crippen LogP contribution >= 0.6 is 0 Å². The van der Waals surface area contributed by atoms with Crippen LogP contribution in [0.3, 0.4) is 0 Å². The zero-order chi connectivity index (χ0) is 21.0. The van der Waals surface area contributed by atoms with Gasteiger partial charge in [0.25, 0.3) is 0 Å². The van der Waals surface area contributed by atoms with Crippen molar-refractivity contribution in [3.8, 4) is 5.75 Å². The SMILES string of the molecule is CCCCOC1c2cc(NC)ccc2OC(C)(C)C1OC(=O)c1ccc(C)cc1. The third-order valence-electron chi connectivity index (χ3n) is 5.25. The fraction of sp³-hybridized carbons (Fsp3) is 0.458. The predicted octanol–water partition coefficient (Wildman–Crippen LogP) is 5.29. The summed E-state index contributed by atoms with van der Waals surface area (Å²) in [6.07, 6.45) is 0.997. The average Bonchev–Trinajstić information content (AvgIpc) is 2.70. The molecule has 0 bridgehead atoms. The van der Waals surface area contributed by atoms with Gasteiger partial charge in [-0.1, -0.05) is 31.0 Å². The zero-order valence-corrected chi connectivity index (χ0v) is 18.0. The molecule has 156 valence electrons. The molecular formula is C24H31NO4. The van der Waals surface area contributed by atoms with E-state index < -0.39 is 17.8 Å². The van der Waals surface area contributed by atoms with Crippen molar-refractivity contribution in [2.75, 3.05) is 19.0 Å². The highest BCUT2D eigenvalue weighted by molar-refractivity contribution is 5.89. The molecule has 2 atom stereocenters. The molecule has 2 aromatic carbocycles. The third kappa shape index (κ3) is 4.73. The maximum absolute atomic E-state index is 12.9. The Morgan fingerprint density at radius 3 is 2.55 bits per heavy atom. The van der Waals surface area contributed by atoms with Gasteiger partial charge in [0.05, 0.1) is 5.56 Å². The summed E-state index contributed by atoms with van der Waals surface area (Å²) in [6, 6.07) is 13.3. The van der Waals surface area contributed by atoms with Gasteiger partial charge in [-0.2, -0.15) is 0 Å². The van der Waals surface area contributed by atoms with Gasteiger partial charge >= 0.3 is 5.97 Å². The maximum Gasteiger partial charge on any atom is 0.338 e. The number of aryl methyl sites for hydroxylation is 1. The second kappa shape index (κ2) is 8.87. The Morgan fingerprint density at radius 1 is 1.17 bits per heavy atom. The Kier molecular flexibility index (Phi) is 6.48. The number of carbonyl (C=O) groups is 1. The zero-order valence-electron chi connectivity index (χ0n) is 18.0. The van der Waals surface area contributed by atoms with Crippen LogP contribution in [0, 0.1) is 6.92 Å². The first kappa shape index (κ1) is 21.2. The molecule has 1 aliphatic heterocycles. The number of ether oxygens (including phenoxy) is 3. The standard InChI is InChI=1S/C24H31NO4/c1-6-7-14-27-21-19-15-18(25-5)12-13-20(19)29-24(3,4)22(21)28-23(26)17-10-8-16(2)9-11-17/h8-13,15,21-22,25H,6-7,14H2,1-5H3. The monoisotopic (exact) mass is 397 g/mol. The molecule has 5 nitrogen and oxygen atoms in total. The fourth-order valence-electron chi connectivity index (χ4n) is 3.50. The van der Waals surface area contributed by atoms with E-state index in [0.717, 1.165) is 35.4 Å². The topological polar surface area (TPSA) is 56.8 Å². The lowest BCUT2D eigenvalue weighted by Crippen LogP contribution is -2.51. The van der Waals surface area contributed by atoms with E-state index in [1.54, 1.807) is 12.1 Å². The molecule has 3 rings (SSSR count). The smallest absolute Gasteiger partial charge is 0.338 e. The largest absolute Gasteiger partial charge is 0.483 e. The van der Waals surface area contributed by atoms with Crippen LogP contribution in [-0.2, 0) is 9.47 Å². The molecule has 0 saturated carbocycles. The van der Waals surface area contributed by atoms with Crippen molar-refractivity contribution < 1.29 is 19.0 Å². The molecule has 29 heavy (non-hydrogen) atoms. The van der Waals surface area contributed by atoms with E-state index in [1.165, 1.54) is 0 Å². The van der Waals surface area contributed by atoms with Crippen LogP contribution in [0.4, 0.5) is 5.69 Å².